The number of ether oxygens (including phenoxy) is 1. The largest absolute Gasteiger partial charge is 0.494 e. The summed E-state index contributed by atoms with van der Waals surface area (Å²) in [5.74, 6) is -3.91. The number of carbonyl (C=O) groups is 1. The second kappa shape index (κ2) is 10.6. The van der Waals surface area contributed by atoms with Gasteiger partial charge in [-0.3, -0.25) is 4.79 Å². The summed E-state index contributed by atoms with van der Waals surface area (Å²) in [5.41, 5.74) is 1.59. The van der Waals surface area contributed by atoms with E-state index in [1.165, 1.54) is 4.90 Å². The number of halogens is 3. The van der Waals surface area contributed by atoms with E-state index in [0.717, 1.165) is 35.5 Å². The standard InChI is InChI=1S/C26H24F3N3O2/c1-17-13-18-6-8-21(34-12-4-11-31-23-5-2-3-10-30-23)14-20(18)16-32(26(17)33)15-19-7-9-22(27)25(29)24(19)28/h1-3,5-10,14,17H,4,11-13,15-16H2,(H,30,31). The Morgan fingerprint density at radius 3 is 2.74 bits per heavy atom. The summed E-state index contributed by atoms with van der Waals surface area (Å²) < 4.78 is 47.0. The number of anilines is 1. The van der Waals surface area contributed by atoms with Crippen molar-refractivity contribution in [3.63, 3.8) is 0 Å². The molecule has 5 nitrogen and oxygen atoms in total. The first-order valence-corrected chi connectivity index (χ1v) is 11.0. The van der Waals surface area contributed by atoms with Crippen LogP contribution in [0.15, 0.2) is 54.7 Å². The van der Waals surface area contributed by atoms with Gasteiger partial charge in [0.15, 0.2) is 17.5 Å². The third-order valence-electron chi connectivity index (χ3n) is 5.64. The molecule has 8 heteroatoms. The van der Waals surface area contributed by atoms with E-state index in [1.807, 2.05) is 36.4 Å². The number of pyridine rings is 1. The number of benzene rings is 2. The lowest BCUT2D eigenvalue weighted by atomic mass is 9.98. The van der Waals surface area contributed by atoms with Gasteiger partial charge in [-0.15, -0.1) is 0 Å². The van der Waals surface area contributed by atoms with Gasteiger partial charge < -0.3 is 15.0 Å². The highest BCUT2D eigenvalue weighted by molar-refractivity contribution is 5.80. The molecule has 3 aromatic rings. The van der Waals surface area contributed by atoms with E-state index >= 15 is 0 Å². The summed E-state index contributed by atoms with van der Waals surface area (Å²) in [6.07, 6.45) is 2.78. The highest BCUT2D eigenvalue weighted by Crippen LogP contribution is 2.28. The molecule has 2 radical (unpaired) electrons. The second-order valence-electron chi connectivity index (χ2n) is 8.11. The molecule has 0 saturated carbocycles. The predicted octanol–water partition coefficient (Wildman–Crippen LogP) is 4.79. The summed E-state index contributed by atoms with van der Waals surface area (Å²) in [4.78, 5) is 18.3. The highest BCUT2D eigenvalue weighted by atomic mass is 19.2. The summed E-state index contributed by atoms with van der Waals surface area (Å²) in [6, 6.07) is 13.2. The quantitative estimate of drug-likeness (QED) is 0.382. The monoisotopic (exact) mass is 467 g/mol. The molecule has 0 spiro atoms. The lowest BCUT2D eigenvalue weighted by molar-refractivity contribution is -0.135. The van der Waals surface area contributed by atoms with Crippen molar-refractivity contribution >= 4 is 11.7 Å². The number of fused-ring (bicyclic) bond motifs is 1. The fourth-order valence-corrected chi connectivity index (χ4v) is 3.85. The molecule has 0 bridgehead atoms. The van der Waals surface area contributed by atoms with Crippen LogP contribution in [0.1, 0.15) is 23.1 Å². The molecule has 2 aromatic carbocycles. The Balaban J connectivity index is 1.41. The zero-order chi connectivity index (χ0) is 24.1. The first-order valence-electron chi connectivity index (χ1n) is 11.0. The zero-order valence-electron chi connectivity index (χ0n) is 18.4. The van der Waals surface area contributed by atoms with Crippen molar-refractivity contribution in [3.8, 4) is 5.75 Å². The minimum atomic E-state index is -1.56. The fraction of sp³-hybridized carbons (Fsp3) is 0.269. The molecule has 1 aliphatic rings. The maximum Gasteiger partial charge on any atom is 0.226 e. The van der Waals surface area contributed by atoms with Crippen LogP contribution in [0.5, 0.6) is 5.75 Å². The van der Waals surface area contributed by atoms with Gasteiger partial charge in [0, 0.05) is 37.3 Å². The van der Waals surface area contributed by atoms with Crippen molar-refractivity contribution in [1.82, 2.24) is 9.88 Å². The Bertz CT molecular complexity index is 1160. The summed E-state index contributed by atoms with van der Waals surface area (Å²) >= 11 is 0. The van der Waals surface area contributed by atoms with Gasteiger partial charge in [-0.1, -0.05) is 18.2 Å². The van der Waals surface area contributed by atoms with Crippen LogP contribution in [0, 0.1) is 30.3 Å². The zero-order valence-corrected chi connectivity index (χ0v) is 18.4. The number of hydrogen-bond acceptors (Lipinski definition) is 4. The van der Waals surface area contributed by atoms with E-state index in [0.29, 0.717) is 25.3 Å². The summed E-state index contributed by atoms with van der Waals surface area (Å²) in [5, 5.41) is 3.21. The fourth-order valence-electron chi connectivity index (χ4n) is 3.85. The SMILES string of the molecule is [CH]C1Cc2ccc(OCCCNc3ccccn3)cc2CN(Cc2ccc(F)c(F)c2F)C1=O. The second-order valence-corrected chi connectivity index (χ2v) is 8.11. The minimum absolute atomic E-state index is 0.115. The number of amides is 1. The van der Waals surface area contributed by atoms with Crippen molar-refractivity contribution in [2.75, 3.05) is 18.5 Å². The maximum atomic E-state index is 14.2. The van der Waals surface area contributed by atoms with E-state index in [-0.39, 0.29) is 24.6 Å². The Morgan fingerprint density at radius 2 is 1.94 bits per heavy atom. The first kappa shape index (κ1) is 23.6. The van der Waals surface area contributed by atoms with Crippen LogP contribution >= 0.6 is 0 Å². The molecule has 1 unspecified atom stereocenters. The molecule has 0 aliphatic carbocycles. The van der Waals surface area contributed by atoms with Crippen molar-refractivity contribution in [3.05, 3.63) is 95.8 Å². The van der Waals surface area contributed by atoms with Crippen molar-refractivity contribution in [2.24, 2.45) is 5.92 Å². The van der Waals surface area contributed by atoms with Crippen molar-refractivity contribution in [1.29, 1.82) is 0 Å². The number of aromatic nitrogens is 1. The van der Waals surface area contributed by atoms with Crippen molar-refractivity contribution in [2.45, 2.75) is 25.9 Å². The molecular weight excluding hydrogens is 443 g/mol. The lowest BCUT2D eigenvalue weighted by Crippen LogP contribution is -2.33. The molecule has 0 fully saturated rings. The minimum Gasteiger partial charge on any atom is -0.494 e. The molecule has 1 N–H and O–H groups in total. The van der Waals surface area contributed by atoms with E-state index in [9.17, 15) is 18.0 Å². The molecule has 4 rings (SSSR count). The molecular formula is C26H24F3N3O2. The van der Waals surface area contributed by atoms with Crippen LogP contribution in [0.2, 0.25) is 0 Å². The number of rotatable bonds is 8. The first-order chi connectivity index (χ1) is 16.4. The topological polar surface area (TPSA) is 54.5 Å². The molecule has 0 saturated heterocycles. The van der Waals surface area contributed by atoms with Crippen LogP contribution < -0.4 is 10.1 Å². The Hall–Kier alpha value is -3.55. The third kappa shape index (κ3) is 5.50. The van der Waals surface area contributed by atoms with Gasteiger partial charge in [0.25, 0.3) is 0 Å². The van der Waals surface area contributed by atoms with E-state index in [2.05, 4.69) is 10.3 Å². The Morgan fingerprint density at radius 1 is 1.09 bits per heavy atom. The molecule has 1 aromatic heterocycles. The Kier molecular flexibility index (Phi) is 7.35. The predicted molar refractivity (Wildman–Crippen MR) is 121 cm³/mol. The van der Waals surface area contributed by atoms with Gasteiger partial charge in [-0.2, -0.15) is 0 Å². The third-order valence-corrected chi connectivity index (χ3v) is 5.64. The number of nitrogens with zero attached hydrogens (tertiary/aromatic N) is 2. The van der Waals surface area contributed by atoms with Crippen LogP contribution in [-0.4, -0.2) is 28.9 Å². The molecule has 2 heterocycles. The lowest BCUT2D eigenvalue weighted by Gasteiger charge is -2.23. The normalized spacial score (nSPS) is 15.6. The van der Waals surface area contributed by atoms with E-state index in [4.69, 9.17) is 11.7 Å². The molecule has 1 atom stereocenters. The average molecular weight is 467 g/mol. The Labute approximate surface area is 196 Å². The van der Waals surface area contributed by atoms with Crippen LogP contribution in [0.4, 0.5) is 19.0 Å². The van der Waals surface area contributed by atoms with Crippen LogP contribution in [0.25, 0.3) is 0 Å². The van der Waals surface area contributed by atoms with Crippen LogP contribution in [0.3, 0.4) is 0 Å². The van der Waals surface area contributed by atoms with Gasteiger partial charge in [-0.25, -0.2) is 18.2 Å². The van der Waals surface area contributed by atoms with Crippen LogP contribution in [-0.2, 0) is 24.3 Å². The number of carbonyl (C=O) groups excluding carboxylic acids is 1. The molecule has 1 amide bonds. The number of nitrogens with one attached hydrogen (secondary N) is 1. The van der Waals surface area contributed by atoms with E-state index < -0.39 is 23.4 Å². The molecule has 1 aliphatic heterocycles. The van der Waals surface area contributed by atoms with E-state index in [1.54, 1.807) is 6.20 Å². The van der Waals surface area contributed by atoms with Gasteiger partial charge in [0.05, 0.1) is 6.61 Å². The summed E-state index contributed by atoms with van der Waals surface area (Å²) in [7, 11) is 0. The molecule has 34 heavy (non-hydrogen) atoms. The molecule has 176 valence electrons. The highest BCUT2D eigenvalue weighted by Gasteiger charge is 2.28. The maximum absolute atomic E-state index is 14.2. The van der Waals surface area contributed by atoms with Gasteiger partial charge in [-0.05, 0) is 61.2 Å². The van der Waals surface area contributed by atoms with Crippen molar-refractivity contribution < 1.29 is 22.7 Å². The smallest absolute Gasteiger partial charge is 0.226 e. The average Bonchev–Trinajstić information content (AvgIpc) is 2.96. The van der Waals surface area contributed by atoms with Gasteiger partial charge in [0.2, 0.25) is 5.91 Å². The summed E-state index contributed by atoms with van der Waals surface area (Å²) in [6.45, 7) is 7.16. The van der Waals surface area contributed by atoms with Gasteiger partial charge in [0.1, 0.15) is 11.6 Å². The van der Waals surface area contributed by atoms with Gasteiger partial charge >= 0.3 is 0 Å². The number of hydrogen-bond donors (Lipinski definition) is 1.